The van der Waals surface area contributed by atoms with E-state index in [-0.39, 0.29) is 28.7 Å². The summed E-state index contributed by atoms with van der Waals surface area (Å²) in [5.74, 6) is -0.908. The molecule has 3 aromatic rings. The van der Waals surface area contributed by atoms with Gasteiger partial charge in [0.2, 0.25) is 11.8 Å². The summed E-state index contributed by atoms with van der Waals surface area (Å²) >= 11 is 0. The number of benzene rings is 3. The molecule has 0 unspecified atom stereocenters. The van der Waals surface area contributed by atoms with E-state index in [1.54, 1.807) is 25.1 Å². The third-order valence-electron chi connectivity index (χ3n) is 6.44. The van der Waals surface area contributed by atoms with Crippen LogP contribution < -0.4 is 9.62 Å². The van der Waals surface area contributed by atoms with Gasteiger partial charge in [0, 0.05) is 25.2 Å². The second-order valence-electron chi connectivity index (χ2n) is 9.24. The molecule has 1 N–H and O–H groups in total. The van der Waals surface area contributed by atoms with E-state index < -0.39 is 33.4 Å². The van der Waals surface area contributed by atoms with E-state index in [4.69, 9.17) is 0 Å². The van der Waals surface area contributed by atoms with Crippen LogP contribution in [0, 0.1) is 10.1 Å². The van der Waals surface area contributed by atoms with Crippen molar-refractivity contribution in [2.45, 2.75) is 44.0 Å². The predicted octanol–water partition coefficient (Wildman–Crippen LogP) is 4.17. The van der Waals surface area contributed by atoms with E-state index in [0.717, 1.165) is 22.7 Å². The predicted molar refractivity (Wildman–Crippen MR) is 153 cm³/mol. The van der Waals surface area contributed by atoms with Crippen molar-refractivity contribution >= 4 is 33.2 Å². The molecule has 0 saturated carbocycles. The first-order valence-electron chi connectivity index (χ1n) is 13.1. The van der Waals surface area contributed by atoms with E-state index in [9.17, 15) is 28.1 Å². The lowest BCUT2D eigenvalue weighted by Crippen LogP contribution is -2.52. The Morgan fingerprint density at radius 1 is 0.950 bits per heavy atom. The minimum Gasteiger partial charge on any atom is -0.354 e. The average Bonchev–Trinajstić information content (AvgIpc) is 2.97. The zero-order valence-electron chi connectivity index (χ0n) is 22.6. The molecule has 3 aromatic carbocycles. The number of amides is 2. The van der Waals surface area contributed by atoms with Crippen LogP contribution in [0.25, 0.3) is 0 Å². The van der Waals surface area contributed by atoms with Crippen molar-refractivity contribution < 1.29 is 22.9 Å². The highest BCUT2D eigenvalue weighted by molar-refractivity contribution is 7.92. The molecule has 0 bridgehead atoms. The Morgan fingerprint density at radius 3 is 2.12 bits per heavy atom. The Kier molecular flexibility index (Phi) is 10.8. The van der Waals surface area contributed by atoms with Crippen LogP contribution in [-0.2, 0) is 26.0 Å². The number of sulfonamides is 1. The van der Waals surface area contributed by atoms with Gasteiger partial charge < -0.3 is 10.2 Å². The number of hydrogen-bond acceptors (Lipinski definition) is 6. The lowest BCUT2D eigenvalue weighted by molar-refractivity contribution is -0.384. The summed E-state index contributed by atoms with van der Waals surface area (Å²) in [6.07, 6.45) is 2.15. The molecule has 0 heterocycles. The second-order valence-corrected chi connectivity index (χ2v) is 11.1. The Morgan fingerprint density at radius 2 is 1.55 bits per heavy atom. The standard InChI is InChI=1S/C29H34N4O6S/c1-3-4-20-30-29(35)23(2)31(21-19-24-11-7-5-8-12-24)28(34)22-32(25-15-17-26(18-16-25)33(36)37)40(38,39)27-13-9-6-10-14-27/h5-18,23H,3-4,19-22H2,1-2H3,(H,30,35)/t23-/m0/s1. The summed E-state index contributed by atoms with van der Waals surface area (Å²) in [4.78, 5) is 38.7. The summed E-state index contributed by atoms with van der Waals surface area (Å²) in [5.41, 5.74) is 0.836. The van der Waals surface area contributed by atoms with Crippen molar-refractivity contribution in [3.63, 3.8) is 0 Å². The highest BCUT2D eigenvalue weighted by Crippen LogP contribution is 2.26. The van der Waals surface area contributed by atoms with Crippen molar-refractivity contribution in [3.05, 3.63) is 101 Å². The molecule has 40 heavy (non-hydrogen) atoms. The third-order valence-corrected chi connectivity index (χ3v) is 8.23. The average molecular weight is 567 g/mol. The number of carbonyl (C=O) groups excluding carboxylic acids is 2. The van der Waals surface area contributed by atoms with E-state index >= 15 is 0 Å². The molecule has 1 atom stereocenters. The maximum Gasteiger partial charge on any atom is 0.269 e. The van der Waals surface area contributed by atoms with Gasteiger partial charge in [0.25, 0.3) is 15.7 Å². The van der Waals surface area contributed by atoms with Crippen molar-refractivity contribution in [1.82, 2.24) is 10.2 Å². The highest BCUT2D eigenvalue weighted by atomic mass is 32.2. The largest absolute Gasteiger partial charge is 0.354 e. The molecule has 0 fully saturated rings. The summed E-state index contributed by atoms with van der Waals surface area (Å²) in [5, 5.41) is 14.0. The molecule has 0 aliphatic carbocycles. The molecule has 11 heteroatoms. The van der Waals surface area contributed by atoms with Gasteiger partial charge in [0.15, 0.2) is 0 Å². The molecule has 10 nitrogen and oxygen atoms in total. The molecule has 0 aliphatic rings. The first-order valence-corrected chi connectivity index (χ1v) is 14.5. The van der Waals surface area contributed by atoms with Gasteiger partial charge in [-0.2, -0.15) is 0 Å². The van der Waals surface area contributed by atoms with E-state index in [2.05, 4.69) is 5.32 Å². The van der Waals surface area contributed by atoms with Gasteiger partial charge >= 0.3 is 0 Å². The number of nitrogens with one attached hydrogen (secondary N) is 1. The number of nitro groups is 1. The Labute approximate surface area is 234 Å². The van der Waals surface area contributed by atoms with Gasteiger partial charge in [0.05, 0.1) is 15.5 Å². The fraction of sp³-hybridized carbons (Fsp3) is 0.310. The molecular weight excluding hydrogens is 532 g/mol. The van der Waals surface area contributed by atoms with Crippen molar-refractivity contribution in [2.24, 2.45) is 0 Å². The van der Waals surface area contributed by atoms with Crippen LogP contribution in [0.2, 0.25) is 0 Å². The number of anilines is 1. The lowest BCUT2D eigenvalue weighted by Gasteiger charge is -2.32. The molecule has 0 aliphatic heterocycles. The van der Waals surface area contributed by atoms with Crippen LogP contribution in [0.3, 0.4) is 0 Å². The maximum absolute atomic E-state index is 13.8. The van der Waals surface area contributed by atoms with Crippen LogP contribution in [0.1, 0.15) is 32.3 Å². The topological polar surface area (TPSA) is 130 Å². The van der Waals surface area contributed by atoms with Crippen molar-refractivity contribution in [1.29, 1.82) is 0 Å². The van der Waals surface area contributed by atoms with E-state index in [0.29, 0.717) is 13.0 Å². The third kappa shape index (κ3) is 7.89. The molecule has 0 spiro atoms. The first-order chi connectivity index (χ1) is 19.1. The maximum atomic E-state index is 13.8. The quantitative estimate of drug-likeness (QED) is 0.177. The molecule has 3 rings (SSSR count). The number of unbranched alkanes of at least 4 members (excludes halogenated alkanes) is 1. The molecule has 0 saturated heterocycles. The Balaban J connectivity index is 1.95. The molecule has 212 valence electrons. The summed E-state index contributed by atoms with van der Waals surface area (Å²) in [7, 11) is -4.23. The van der Waals surface area contributed by atoms with Gasteiger partial charge in [-0.05, 0) is 49.6 Å². The van der Waals surface area contributed by atoms with Crippen molar-refractivity contribution in [2.75, 3.05) is 23.9 Å². The molecule has 2 amide bonds. The second kappa shape index (κ2) is 14.2. The zero-order chi connectivity index (χ0) is 29.1. The van der Waals surface area contributed by atoms with Gasteiger partial charge in [0.1, 0.15) is 12.6 Å². The van der Waals surface area contributed by atoms with Crippen LogP contribution in [0.5, 0.6) is 0 Å². The monoisotopic (exact) mass is 566 g/mol. The fourth-order valence-corrected chi connectivity index (χ4v) is 5.53. The summed E-state index contributed by atoms with van der Waals surface area (Å²) in [6, 6.07) is 21.2. The lowest BCUT2D eigenvalue weighted by atomic mass is 10.1. The molecule has 0 radical (unpaired) electrons. The number of hydrogen-bond donors (Lipinski definition) is 1. The number of nitrogens with zero attached hydrogens (tertiary/aromatic N) is 3. The first kappa shape index (κ1) is 30.3. The smallest absolute Gasteiger partial charge is 0.269 e. The van der Waals surface area contributed by atoms with Gasteiger partial charge in [-0.3, -0.25) is 24.0 Å². The highest BCUT2D eigenvalue weighted by Gasteiger charge is 2.32. The fourth-order valence-electron chi connectivity index (χ4n) is 4.10. The van der Waals surface area contributed by atoms with Crippen LogP contribution in [0.15, 0.2) is 89.8 Å². The minimum absolute atomic E-state index is 0.0395. The summed E-state index contributed by atoms with van der Waals surface area (Å²) < 4.78 is 28.3. The normalized spacial score (nSPS) is 11.8. The molecule has 0 aromatic heterocycles. The van der Waals surface area contributed by atoms with Crippen LogP contribution >= 0.6 is 0 Å². The minimum atomic E-state index is -4.23. The van der Waals surface area contributed by atoms with E-state index in [1.165, 1.54) is 41.3 Å². The van der Waals surface area contributed by atoms with Gasteiger partial charge in [-0.25, -0.2) is 8.42 Å². The number of rotatable bonds is 14. The summed E-state index contributed by atoms with van der Waals surface area (Å²) in [6.45, 7) is 3.68. The number of carbonyl (C=O) groups is 2. The SMILES string of the molecule is CCCCNC(=O)[C@H](C)N(CCc1ccccc1)C(=O)CN(c1ccc([N+](=O)[O-])cc1)S(=O)(=O)c1ccccc1. The molecular formula is C29H34N4O6S. The zero-order valence-corrected chi connectivity index (χ0v) is 23.4. The van der Waals surface area contributed by atoms with Crippen LogP contribution in [0.4, 0.5) is 11.4 Å². The number of nitro benzene ring substituents is 1. The van der Waals surface area contributed by atoms with Crippen molar-refractivity contribution in [3.8, 4) is 0 Å². The Bertz CT molecular complexity index is 1380. The van der Waals surface area contributed by atoms with Gasteiger partial charge in [-0.15, -0.1) is 0 Å². The number of non-ortho nitro benzene ring substituents is 1. The van der Waals surface area contributed by atoms with E-state index in [1.807, 2.05) is 37.3 Å². The van der Waals surface area contributed by atoms with Gasteiger partial charge in [-0.1, -0.05) is 61.9 Å². The Hall–Kier alpha value is -4.25. The van der Waals surface area contributed by atoms with Crippen LogP contribution in [-0.4, -0.2) is 55.7 Å².